The van der Waals surface area contributed by atoms with Crippen molar-refractivity contribution in [2.45, 2.75) is 105 Å². The average molecular weight is 431 g/mol. The average Bonchev–Trinajstić information content (AvgIpc) is 3.05. The minimum absolute atomic E-state index is 0.0364. The number of aliphatic carboxylic acids is 1. The molecule has 3 saturated carbocycles. The van der Waals surface area contributed by atoms with Crippen LogP contribution in [0.5, 0.6) is 0 Å². The third-order valence-corrected chi connectivity index (χ3v) is 10.7. The van der Waals surface area contributed by atoms with Crippen LogP contribution in [-0.2, 0) is 4.79 Å². The maximum Gasteiger partial charge on any atom is 0.309 e. The molecule has 0 heterocycles. The van der Waals surface area contributed by atoms with Crippen LogP contribution in [0.4, 0.5) is 0 Å². The number of hydrogen-bond acceptors (Lipinski definition) is 2. The van der Waals surface area contributed by atoms with Crippen LogP contribution in [-0.4, -0.2) is 22.3 Å². The molecule has 3 heteroatoms. The van der Waals surface area contributed by atoms with E-state index in [4.69, 9.17) is 0 Å². The summed E-state index contributed by atoms with van der Waals surface area (Å²) in [5.41, 5.74) is 2.14. The molecule has 3 fully saturated rings. The Morgan fingerprint density at radius 2 is 1.71 bits per heavy atom. The van der Waals surface area contributed by atoms with Gasteiger partial charge in [-0.3, -0.25) is 4.79 Å². The van der Waals surface area contributed by atoms with Crippen molar-refractivity contribution < 1.29 is 15.0 Å². The zero-order valence-electron chi connectivity index (χ0n) is 20.6. The van der Waals surface area contributed by atoms with E-state index in [-0.39, 0.29) is 11.3 Å². The molecule has 2 N–H and O–H groups in total. The first-order valence-corrected chi connectivity index (χ1v) is 13.2. The minimum Gasteiger partial charge on any atom is -0.481 e. The van der Waals surface area contributed by atoms with Crippen molar-refractivity contribution in [1.29, 1.82) is 0 Å². The van der Waals surface area contributed by atoms with E-state index >= 15 is 0 Å². The Morgan fingerprint density at radius 3 is 2.39 bits per heavy atom. The molecule has 3 nitrogen and oxygen atoms in total. The van der Waals surface area contributed by atoms with Gasteiger partial charge < -0.3 is 10.2 Å². The number of carbonyl (C=O) groups is 1. The van der Waals surface area contributed by atoms with E-state index < -0.39 is 18.0 Å². The first-order chi connectivity index (χ1) is 14.6. The summed E-state index contributed by atoms with van der Waals surface area (Å²) in [4.78, 5) is 12.0. The Bertz CT molecular complexity index is 711. The van der Waals surface area contributed by atoms with E-state index in [9.17, 15) is 15.0 Å². The van der Waals surface area contributed by atoms with Crippen molar-refractivity contribution in [2.24, 2.45) is 52.3 Å². The monoisotopic (exact) mass is 430 g/mol. The highest BCUT2D eigenvalue weighted by Gasteiger charge is 2.60. The number of carboxylic acid groups (broad SMARTS) is 1. The molecule has 0 aliphatic heterocycles. The molecule has 0 aromatic rings. The molecule has 0 bridgehead atoms. The Kier molecular flexibility index (Phi) is 6.40. The number of aliphatic hydroxyl groups is 1. The van der Waals surface area contributed by atoms with Gasteiger partial charge in [-0.25, -0.2) is 0 Å². The van der Waals surface area contributed by atoms with Crippen molar-refractivity contribution >= 4 is 5.97 Å². The van der Waals surface area contributed by atoms with Gasteiger partial charge in [0, 0.05) is 0 Å². The predicted molar refractivity (Wildman–Crippen MR) is 126 cm³/mol. The number of rotatable bonds is 6. The van der Waals surface area contributed by atoms with Gasteiger partial charge in [0.1, 0.15) is 0 Å². The maximum atomic E-state index is 12.0. The normalized spacial score (nSPS) is 45.5. The Morgan fingerprint density at radius 1 is 1.03 bits per heavy atom. The largest absolute Gasteiger partial charge is 0.481 e. The second-order valence-corrected chi connectivity index (χ2v) is 12.7. The fraction of sp³-hybridized carbons (Fsp3) is 0.893. The summed E-state index contributed by atoms with van der Waals surface area (Å²) >= 11 is 0. The number of allylic oxidation sites excluding steroid dienone is 2. The van der Waals surface area contributed by atoms with Gasteiger partial charge in [-0.15, -0.1) is 0 Å². The predicted octanol–water partition coefficient (Wildman–Crippen LogP) is 6.70. The Balaban J connectivity index is 1.55. The standard InChI is InChI=1S/C28H46O3/c1-17(2)7-6-8-18(3)20-11-12-21-19-9-10-23-25(26(30)31)24(29)14-16-28(23,5)22(19)13-15-27(20,21)4/h9,17-18,20-25,29H,6-8,10-16H2,1-5H3,(H,30,31)/t18-,20-,21+,22+,23-,24+,25+,27-,28-/m1/s1. The SMILES string of the molecule is CC(C)CCC[C@@H](C)[C@H]1CC[C@H]2C3=CC[C@@H]4[C@H](C(=O)O)[C@@H](O)CC[C@]4(C)[C@H]3CC[C@]12C. The summed E-state index contributed by atoms with van der Waals surface area (Å²) in [5, 5.41) is 20.3. The molecule has 176 valence electrons. The molecule has 0 saturated heterocycles. The summed E-state index contributed by atoms with van der Waals surface area (Å²) in [6.07, 6.45) is 13.5. The van der Waals surface area contributed by atoms with Crippen LogP contribution in [0.25, 0.3) is 0 Å². The molecule has 4 rings (SSSR count). The van der Waals surface area contributed by atoms with Crippen molar-refractivity contribution in [3.05, 3.63) is 11.6 Å². The van der Waals surface area contributed by atoms with Crippen LogP contribution < -0.4 is 0 Å². The Labute approximate surface area is 190 Å². The summed E-state index contributed by atoms with van der Waals surface area (Å²) < 4.78 is 0. The first kappa shape index (κ1) is 23.3. The van der Waals surface area contributed by atoms with Crippen LogP contribution in [0, 0.1) is 52.3 Å². The van der Waals surface area contributed by atoms with E-state index in [0.29, 0.717) is 23.7 Å². The van der Waals surface area contributed by atoms with Crippen LogP contribution in [0.1, 0.15) is 98.8 Å². The lowest BCUT2D eigenvalue weighted by atomic mass is 9.46. The lowest BCUT2D eigenvalue weighted by molar-refractivity contribution is -0.160. The van der Waals surface area contributed by atoms with Gasteiger partial charge in [0.05, 0.1) is 12.0 Å². The van der Waals surface area contributed by atoms with Gasteiger partial charge in [0.2, 0.25) is 0 Å². The van der Waals surface area contributed by atoms with Crippen LogP contribution in [0.3, 0.4) is 0 Å². The van der Waals surface area contributed by atoms with Gasteiger partial charge in [-0.1, -0.05) is 65.5 Å². The van der Waals surface area contributed by atoms with E-state index in [1.54, 1.807) is 5.57 Å². The van der Waals surface area contributed by atoms with E-state index in [0.717, 1.165) is 30.6 Å². The van der Waals surface area contributed by atoms with Gasteiger partial charge in [0.15, 0.2) is 0 Å². The molecule has 9 atom stereocenters. The van der Waals surface area contributed by atoms with Gasteiger partial charge in [-0.2, -0.15) is 0 Å². The molecular formula is C28H46O3. The van der Waals surface area contributed by atoms with E-state index in [1.165, 1.54) is 44.9 Å². The Hall–Kier alpha value is -0.830. The molecule has 31 heavy (non-hydrogen) atoms. The number of aliphatic hydroxyl groups excluding tert-OH is 1. The highest BCUT2D eigenvalue weighted by molar-refractivity contribution is 5.71. The van der Waals surface area contributed by atoms with Crippen LogP contribution >= 0.6 is 0 Å². The fourth-order valence-corrected chi connectivity index (χ4v) is 8.97. The van der Waals surface area contributed by atoms with Crippen molar-refractivity contribution in [1.82, 2.24) is 0 Å². The molecule has 0 unspecified atom stereocenters. The summed E-state index contributed by atoms with van der Waals surface area (Å²) in [5.74, 6) is 2.35. The lowest BCUT2D eigenvalue weighted by Crippen LogP contribution is -2.54. The zero-order chi connectivity index (χ0) is 22.6. The number of fused-ring (bicyclic) bond motifs is 5. The number of hydrogen-bond donors (Lipinski definition) is 2. The highest BCUT2D eigenvalue weighted by Crippen LogP contribution is 2.67. The smallest absolute Gasteiger partial charge is 0.309 e. The summed E-state index contributed by atoms with van der Waals surface area (Å²) in [6.45, 7) is 12.1. The molecule has 0 aromatic heterocycles. The van der Waals surface area contributed by atoms with Crippen LogP contribution in [0.15, 0.2) is 11.6 Å². The molecular weight excluding hydrogens is 384 g/mol. The second-order valence-electron chi connectivity index (χ2n) is 12.7. The first-order valence-electron chi connectivity index (χ1n) is 13.2. The van der Waals surface area contributed by atoms with Crippen LogP contribution in [0.2, 0.25) is 0 Å². The molecule has 0 spiro atoms. The van der Waals surface area contributed by atoms with Crippen molar-refractivity contribution in [3.8, 4) is 0 Å². The summed E-state index contributed by atoms with van der Waals surface area (Å²) in [6, 6.07) is 0. The van der Waals surface area contributed by atoms with Crippen molar-refractivity contribution in [2.75, 3.05) is 0 Å². The van der Waals surface area contributed by atoms with Gasteiger partial charge in [-0.05, 0) is 91.3 Å². The zero-order valence-corrected chi connectivity index (χ0v) is 20.6. The minimum atomic E-state index is -0.794. The maximum absolute atomic E-state index is 12.0. The molecule has 4 aliphatic rings. The second kappa shape index (κ2) is 8.50. The highest BCUT2D eigenvalue weighted by atomic mass is 16.4. The topological polar surface area (TPSA) is 57.5 Å². The molecule has 0 amide bonds. The fourth-order valence-electron chi connectivity index (χ4n) is 8.97. The molecule has 0 radical (unpaired) electrons. The third kappa shape index (κ3) is 3.81. The lowest BCUT2D eigenvalue weighted by Gasteiger charge is -2.59. The van der Waals surface area contributed by atoms with Gasteiger partial charge >= 0.3 is 5.97 Å². The van der Waals surface area contributed by atoms with E-state index in [1.807, 2.05) is 0 Å². The van der Waals surface area contributed by atoms with Crippen molar-refractivity contribution in [3.63, 3.8) is 0 Å². The summed E-state index contributed by atoms with van der Waals surface area (Å²) in [7, 11) is 0. The molecule has 0 aromatic carbocycles. The number of carboxylic acids is 1. The molecule has 4 aliphatic carbocycles. The quantitative estimate of drug-likeness (QED) is 0.461. The van der Waals surface area contributed by atoms with E-state index in [2.05, 4.69) is 40.7 Å². The van der Waals surface area contributed by atoms with Gasteiger partial charge in [0.25, 0.3) is 0 Å². The third-order valence-electron chi connectivity index (χ3n) is 10.7.